The van der Waals surface area contributed by atoms with Gasteiger partial charge in [0.05, 0.1) is 13.2 Å². The summed E-state index contributed by atoms with van der Waals surface area (Å²) in [5, 5.41) is 0.303. The van der Waals surface area contributed by atoms with Crippen molar-refractivity contribution in [1.29, 1.82) is 0 Å². The van der Waals surface area contributed by atoms with E-state index in [0.717, 1.165) is 25.7 Å². The molecule has 7 heteroatoms. The fourth-order valence-electron chi connectivity index (χ4n) is 0.634. The summed E-state index contributed by atoms with van der Waals surface area (Å²) in [5.74, 6) is 0. The van der Waals surface area contributed by atoms with Crippen LogP contribution >= 0.6 is 24.4 Å². The van der Waals surface area contributed by atoms with E-state index in [1.165, 1.54) is 0 Å². The normalized spacial score (nSPS) is 8.12. The first-order valence-corrected chi connectivity index (χ1v) is 6.20. The summed E-state index contributed by atoms with van der Waals surface area (Å²) >= 11 is 8.93. The van der Waals surface area contributed by atoms with E-state index in [2.05, 4.69) is 38.3 Å². The molecular formula is C10H22AgN2O2S2. The minimum atomic E-state index is 0. The Hall–Kier alpha value is 0.120. The maximum atomic E-state index is 5.04. The molecule has 17 heavy (non-hydrogen) atoms. The number of hydrogen-bond donors (Lipinski definition) is 2. The smallest absolute Gasteiger partial charge is 0.253 e. The third-order valence-corrected chi connectivity index (χ3v) is 1.72. The van der Waals surface area contributed by atoms with Crippen molar-refractivity contribution in [3.8, 4) is 0 Å². The SMILES string of the molecule is CCCCOC(N)=S.CCCCOC(N)=S.[Ag]. The zero-order chi connectivity index (χ0) is 12.8. The average Bonchev–Trinajstić information content (AvgIpc) is 2.18. The van der Waals surface area contributed by atoms with Crippen LogP contribution in [0, 0.1) is 0 Å². The van der Waals surface area contributed by atoms with Gasteiger partial charge in [0, 0.05) is 22.4 Å². The number of hydrogen-bond acceptors (Lipinski definition) is 4. The summed E-state index contributed by atoms with van der Waals surface area (Å²) in [4.78, 5) is 0. The van der Waals surface area contributed by atoms with Gasteiger partial charge >= 0.3 is 0 Å². The molecule has 0 aliphatic heterocycles. The van der Waals surface area contributed by atoms with Gasteiger partial charge in [0.25, 0.3) is 10.3 Å². The van der Waals surface area contributed by atoms with Crippen molar-refractivity contribution in [2.45, 2.75) is 39.5 Å². The van der Waals surface area contributed by atoms with Crippen molar-refractivity contribution >= 4 is 34.8 Å². The molecule has 0 aliphatic rings. The topological polar surface area (TPSA) is 70.5 Å². The van der Waals surface area contributed by atoms with Crippen molar-refractivity contribution in [3.63, 3.8) is 0 Å². The first kappa shape index (κ1) is 22.3. The van der Waals surface area contributed by atoms with Crippen molar-refractivity contribution in [2.75, 3.05) is 13.2 Å². The summed E-state index contributed by atoms with van der Waals surface area (Å²) in [6.45, 7) is 5.49. The Morgan fingerprint density at radius 2 is 1.18 bits per heavy atom. The Bertz CT molecular complexity index is 175. The van der Waals surface area contributed by atoms with E-state index in [4.69, 9.17) is 20.9 Å². The van der Waals surface area contributed by atoms with E-state index in [0.29, 0.717) is 13.2 Å². The Morgan fingerprint density at radius 1 is 0.882 bits per heavy atom. The zero-order valence-corrected chi connectivity index (χ0v) is 13.4. The van der Waals surface area contributed by atoms with Gasteiger partial charge in [-0.1, -0.05) is 26.7 Å². The van der Waals surface area contributed by atoms with E-state index < -0.39 is 0 Å². The van der Waals surface area contributed by atoms with E-state index in [1.54, 1.807) is 0 Å². The number of thiocarbonyl (C=S) groups is 2. The second kappa shape index (κ2) is 18.5. The monoisotopic (exact) mass is 373 g/mol. The molecule has 0 fully saturated rings. The molecule has 0 unspecified atom stereocenters. The summed E-state index contributed by atoms with van der Waals surface area (Å²) in [6.07, 6.45) is 4.28. The summed E-state index contributed by atoms with van der Waals surface area (Å²) in [5.41, 5.74) is 10.1. The molecule has 0 amide bonds. The maximum absolute atomic E-state index is 5.04. The van der Waals surface area contributed by atoms with E-state index in [9.17, 15) is 0 Å². The van der Waals surface area contributed by atoms with Gasteiger partial charge in [0.15, 0.2) is 0 Å². The predicted molar refractivity (Wildman–Crippen MR) is 75.3 cm³/mol. The fourth-order valence-corrected chi connectivity index (χ4v) is 0.801. The molecule has 0 rings (SSSR count). The number of nitrogens with two attached hydrogens (primary N) is 2. The molecule has 4 nitrogen and oxygen atoms in total. The quantitative estimate of drug-likeness (QED) is 0.422. The van der Waals surface area contributed by atoms with Gasteiger partial charge in [-0.25, -0.2) is 0 Å². The molecule has 1 radical (unpaired) electrons. The van der Waals surface area contributed by atoms with Gasteiger partial charge in [-0.15, -0.1) is 0 Å². The van der Waals surface area contributed by atoms with Crippen LogP contribution in [0.4, 0.5) is 0 Å². The van der Waals surface area contributed by atoms with Crippen LogP contribution in [0.25, 0.3) is 0 Å². The Morgan fingerprint density at radius 3 is 1.35 bits per heavy atom. The van der Waals surface area contributed by atoms with Crippen LogP contribution in [-0.2, 0) is 31.9 Å². The zero-order valence-electron chi connectivity index (χ0n) is 10.3. The van der Waals surface area contributed by atoms with Crippen LogP contribution in [0.2, 0.25) is 0 Å². The second-order valence-electron chi connectivity index (χ2n) is 3.04. The minimum absolute atomic E-state index is 0. The molecular weight excluding hydrogens is 352 g/mol. The fraction of sp³-hybridized carbons (Fsp3) is 0.800. The van der Waals surface area contributed by atoms with Crippen molar-refractivity contribution in [2.24, 2.45) is 11.5 Å². The van der Waals surface area contributed by atoms with Crippen molar-refractivity contribution in [1.82, 2.24) is 0 Å². The Balaban J connectivity index is -0.000000218. The molecule has 0 aromatic rings. The Kier molecular flexibility index (Phi) is 24.3. The minimum Gasteiger partial charge on any atom is -0.471 e. The van der Waals surface area contributed by atoms with Crippen LogP contribution in [0.5, 0.6) is 0 Å². The van der Waals surface area contributed by atoms with E-state index >= 15 is 0 Å². The maximum Gasteiger partial charge on any atom is 0.253 e. The number of unbranched alkanes of at least 4 members (excludes halogenated alkanes) is 2. The van der Waals surface area contributed by atoms with Crippen LogP contribution in [0.3, 0.4) is 0 Å². The second-order valence-corrected chi connectivity index (χ2v) is 3.85. The third-order valence-electron chi connectivity index (χ3n) is 1.48. The van der Waals surface area contributed by atoms with Gasteiger partial charge in [0.1, 0.15) is 0 Å². The molecule has 0 saturated heterocycles. The third kappa shape index (κ3) is 31.4. The molecule has 0 aromatic heterocycles. The number of ether oxygens (including phenoxy) is 2. The van der Waals surface area contributed by atoms with Crippen LogP contribution < -0.4 is 11.5 Å². The largest absolute Gasteiger partial charge is 0.471 e. The average molecular weight is 374 g/mol. The van der Waals surface area contributed by atoms with Crippen molar-refractivity contribution < 1.29 is 31.9 Å². The summed E-state index contributed by atoms with van der Waals surface area (Å²) in [7, 11) is 0. The van der Waals surface area contributed by atoms with Gasteiger partial charge < -0.3 is 20.9 Å². The van der Waals surface area contributed by atoms with Gasteiger partial charge in [-0.3, -0.25) is 0 Å². The van der Waals surface area contributed by atoms with Crippen molar-refractivity contribution in [3.05, 3.63) is 0 Å². The summed E-state index contributed by atoms with van der Waals surface area (Å²) < 4.78 is 9.58. The van der Waals surface area contributed by atoms with Crippen LogP contribution in [0.15, 0.2) is 0 Å². The molecule has 0 aromatic carbocycles. The predicted octanol–water partition coefficient (Wildman–Crippen LogP) is 2.09. The first-order chi connectivity index (χ1) is 7.54. The molecule has 107 valence electrons. The molecule has 0 saturated carbocycles. The molecule has 4 N–H and O–H groups in total. The molecule has 0 heterocycles. The van der Waals surface area contributed by atoms with Gasteiger partial charge in [0.2, 0.25) is 0 Å². The molecule has 0 aliphatic carbocycles. The molecule has 0 bridgehead atoms. The van der Waals surface area contributed by atoms with E-state index in [-0.39, 0.29) is 32.7 Å². The number of rotatable bonds is 6. The van der Waals surface area contributed by atoms with Gasteiger partial charge in [-0.05, 0) is 37.3 Å². The summed E-state index contributed by atoms with van der Waals surface area (Å²) in [6, 6.07) is 0. The van der Waals surface area contributed by atoms with E-state index in [1.807, 2.05) is 0 Å². The van der Waals surface area contributed by atoms with Gasteiger partial charge in [-0.2, -0.15) is 0 Å². The standard InChI is InChI=1S/2C5H11NOS.Ag/c2*1-2-3-4-7-5(6)8;/h2*2-4H2,1H3,(H2,6,8);. The van der Waals surface area contributed by atoms with Crippen LogP contribution in [-0.4, -0.2) is 23.6 Å². The molecule has 0 spiro atoms. The Labute approximate surface area is 130 Å². The first-order valence-electron chi connectivity index (χ1n) is 5.39. The van der Waals surface area contributed by atoms with Crippen LogP contribution in [0.1, 0.15) is 39.5 Å². The molecule has 0 atom stereocenters.